The third-order valence-electron chi connectivity index (χ3n) is 2.63. The summed E-state index contributed by atoms with van der Waals surface area (Å²) < 4.78 is 0.975. The molecule has 0 aliphatic heterocycles. The quantitative estimate of drug-likeness (QED) is 0.783. The van der Waals surface area contributed by atoms with Crippen molar-refractivity contribution in [2.75, 3.05) is 17.6 Å². The first-order chi connectivity index (χ1) is 7.66. The van der Waals surface area contributed by atoms with Crippen LogP contribution in [0.2, 0.25) is 0 Å². The first kappa shape index (κ1) is 13.3. The molecular weight excluding hydrogens is 266 g/mol. The lowest BCUT2D eigenvalue weighted by atomic mass is 10.2. The Morgan fingerprint density at radius 1 is 1.38 bits per heavy atom. The first-order valence-electron chi connectivity index (χ1n) is 5.81. The minimum atomic E-state index is 0.725. The van der Waals surface area contributed by atoms with Gasteiger partial charge in [-0.2, -0.15) is 0 Å². The molecule has 1 aromatic rings. The van der Waals surface area contributed by atoms with Gasteiger partial charge in [0.15, 0.2) is 0 Å². The molecule has 4 heteroatoms. The van der Waals surface area contributed by atoms with Gasteiger partial charge >= 0.3 is 0 Å². The van der Waals surface area contributed by atoms with Gasteiger partial charge in [0.05, 0.1) is 16.4 Å². The van der Waals surface area contributed by atoms with E-state index >= 15 is 0 Å². The fraction of sp³-hybridized carbons (Fsp3) is 0.583. The van der Waals surface area contributed by atoms with E-state index in [0.29, 0.717) is 0 Å². The summed E-state index contributed by atoms with van der Waals surface area (Å²) in [6.45, 7) is 5.17. The lowest BCUT2D eigenvalue weighted by Crippen LogP contribution is -2.05. The number of anilines is 2. The molecule has 0 atom stereocenters. The number of nitrogens with one attached hydrogen (secondary N) is 1. The number of rotatable bonds is 6. The van der Waals surface area contributed by atoms with Gasteiger partial charge in [0.25, 0.3) is 0 Å². The van der Waals surface area contributed by atoms with E-state index in [0.717, 1.165) is 28.1 Å². The van der Waals surface area contributed by atoms with E-state index in [1.54, 1.807) is 6.20 Å². The smallest absolute Gasteiger partial charge is 0.140 e. The summed E-state index contributed by atoms with van der Waals surface area (Å²) in [5.74, 6) is 0.892. The Morgan fingerprint density at radius 2 is 2.12 bits per heavy atom. The zero-order chi connectivity index (χ0) is 12.0. The molecule has 0 radical (unpaired) electrons. The van der Waals surface area contributed by atoms with Crippen LogP contribution < -0.4 is 11.1 Å². The Kier molecular flexibility index (Phi) is 5.60. The van der Waals surface area contributed by atoms with Crippen LogP contribution in [0.1, 0.15) is 38.2 Å². The summed E-state index contributed by atoms with van der Waals surface area (Å²) in [7, 11) is 0. The van der Waals surface area contributed by atoms with E-state index in [9.17, 15) is 0 Å². The van der Waals surface area contributed by atoms with Crippen molar-refractivity contribution in [3.63, 3.8) is 0 Å². The number of pyridine rings is 1. The normalized spacial score (nSPS) is 10.4. The van der Waals surface area contributed by atoms with E-state index < -0.39 is 0 Å². The molecule has 3 N–H and O–H groups in total. The first-order valence-corrected chi connectivity index (χ1v) is 6.60. The number of nitrogens with zero attached hydrogens (tertiary/aromatic N) is 1. The molecule has 1 heterocycles. The average molecular weight is 286 g/mol. The van der Waals surface area contributed by atoms with E-state index in [1.807, 2.05) is 6.92 Å². The molecule has 3 nitrogen and oxygen atoms in total. The number of nitrogens with two attached hydrogens (primary N) is 1. The molecule has 0 spiro atoms. The Balaban J connectivity index is 2.45. The van der Waals surface area contributed by atoms with E-state index in [-0.39, 0.29) is 0 Å². The largest absolute Gasteiger partial charge is 0.397 e. The number of halogens is 1. The van der Waals surface area contributed by atoms with Crippen LogP contribution in [0.5, 0.6) is 0 Å². The summed E-state index contributed by atoms with van der Waals surface area (Å²) >= 11 is 3.51. The lowest BCUT2D eigenvalue weighted by Gasteiger charge is -2.10. The minimum Gasteiger partial charge on any atom is -0.397 e. The Hall–Kier alpha value is -0.770. The molecule has 0 bridgehead atoms. The van der Waals surface area contributed by atoms with E-state index in [4.69, 9.17) is 5.73 Å². The molecule has 0 fully saturated rings. The van der Waals surface area contributed by atoms with Crippen LogP contribution in [0, 0.1) is 6.92 Å². The van der Waals surface area contributed by atoms with Crippen LogP contribution in [-0.4, -0.2) is 11.5 Å². The lowest BCUT2D eigenvalue weighted by molar-refractivity contribution is 0.684. The fourth-order valence-corrected chi connectivity index (χ4v) is 1.95. The highest BCUT2D eigenvalue weighted by Gasteiger charge is 2.06. The second-order valence-corrected chi connectivity index (χ2v) is 4.78. The van der Waals surface area contributed by atoms with Gasteiger partial charge in [-0.25, -0.2) is 4.98 Å². The van der Waals surface area contributed by atoms with Crippen molar-refractivity contribution < 1.29 is 0 Å². The molecule has 16 heavy (non-hydrogen) atoms. The summed E-state index contributed by atoms with van der Waals surface area (Å²) in [5, 5.41) is 3.33. The number of unbranched alkanes of at least 4 members (excludes halogenated alkanes) is 3. The summed E-state index contributed by atoms with van der Waals surface area (Å²) in [4.78, 5) is 4.27. The molecule has 1 aromatic heterocycles. The van der Waals surface area contributed by atoms with Gasteiger partial charge in [0.2, 0.25) is 0 Å². The van der Waals surface area contributed by atoms with Crippen LogP contribution in [0.3, 0.4) is 0 Å². The van der Waals surface area contributed by atoms with Gasteiger partial charge in [0, 0.05) is 6.54 Å². The molecule has 0 saturated heterocycles. The zero-order valence-electron chi connectivity index (χ0n) is 10.0. The SMILES string of the molecule is CCCCCCNc1ncc(N)c(C)c1Br. The maximum atomic E-state index is 5.76. The molecule has 0 amide bonds. The molecule has 0 aromatic carbocycles. The maximum Gasteiger partial charge on any atom is 0.140 e. The highest BCUT2D eigenvalue weighted by molar-refractivity contribution is 9.10. The van der Waals surface area contributed by atoms with Gasteiger partial charge in [0.1, 0.15) is 5.82 Å². The van der Waals surface area contributed by atoms with Crippen molar-refractivity contribution in [1.82, 2.24) is 4.98 Å². The highest BCUT2D eigenvalue weighted by Crippen LogP contribution is 2.27. The Morgan fingerprint density at radius 3 is 2.81 bits per heavy atom. The monoisotopic (exact) mass is 285 g/mol. The third-order valence-corrected chi connectivity index (χ3v) is 3.60. The third kappa shape index (κ3) is 3.67. The second-order valence-electron chi connectivity index (χ2n) is 3.99. The van der Waals surface area contributed by atoms with E-state index in [2.05, 4.69) is 33.2 Å². The summed E-state index contributed by atoms with van der Waals surface area (Å²) in [6.07, 6.45) is 6.73. The van der Waals surface area contributed by atoms with Crippen LogP contribution in [0.15, 0.2) is 10.7 Å². The highest BCUT2D eigenvalue weighted by atomic mass is 79.9. The standard InChI is InChI=1S/C12H20BrN3/c1-3-4-5-6-7-15-12-11(13)9(2)10(14)8-16-12/h8H,3-7,14H2,1-2H3,(H,15,16). The van der Waals surface area contributed by atoms with Crippen molar-refractivity contribution in [3.8, 4) is 0 Å². The number of aromatic nitrogens is 1. The number of hydrogen-bond donors (Lipinski definition) is 2. The van der Waals surface area contributed by atoms with Crippen molar-refractivity contribution >= 4 is 27.4 Å². The van der Waals surface area contributed by atoms with Gasteiger partial charge < -0.3 is 11.1 Å². The van der Waals surface area contributed by atoms with Gasteiger partial charge in [-0.15, -0.1) is 0 Å². The van der Waals surface area contributed by atoms with Gasteiger partial charge in [-0.1, -0.05) is 26.2 Å². The minimum absolute atomic E-state index is 0.725. The van der Waals surface area contributed by atoms with Crippen LogP contribution in [-0.2, 0) is 0 Å². The van der Waals surface area contributed by atoms with Gasteiger partial charge in [-0.3, -0.25) is 0 Å². The molecule has 90 valence electrons. The predicted molar refractivity (Wildman–Crippen MR) is 73.7 cm³/mol. The molecule has 0 unspecified atom stereocenters. The predicted octanol–water partition coefficient (Wildman–Crippen LogP) is 3.73. The van der Waals surface area contributed by atoms with Crippen molar-refractivity contribution in [3.05, 3.63) is 16.2 Å². The molecule has 1 rings (SSSR count). The molecular formula is C12H20BrN3. The molecule has 0 aliphatic carbocycles. The van der Waals surface area contributed by atoms with Crippen LogP contribution in [0.25, 0.3) is 0 Å². The van der Waals surface area contributed by atoms with Crippen molar-refractivity contribution in [2.45, 2.75) is 39.5 Å². The van der Waals surface area contributed by atoms with E-state index in [1.165, 1.54) is 25.7 Å². The fourth-order valence-electron chi connectivity index (χ4n) is 1.47. The number of nitrogen functional groups attached to an aromatic ring is 1. The Bertz CT molecular complexity index is 339. The molecule has 0 saturated carbocycles. The van der Waals surface area contributed by atoms with Gasteiger partial charge in [-0.05, 0) is 34.8 Å². The van der Waals surface area contributed by atoms with Crippen molar-refractivity contribution in [1.29, 1.82) is 0 Å². The average Bonchev–Trinajstić information content (AvgIpc) is 2.28. The van der Waals surface area contributed by atoms with Crippen molar-refractivity contribution in [2.24, 2.45) is 0 Å². The second kappa shape index (κ2) is 6.74. The topological polar surface area (TPSA) is 50.9 Å². The summed E-state index contributed by atoms with van der Waals surface area (Å²) in [5.41, 5.74) is 7.54. The summed E-state index contributed by atoms with van der Waals surface area (Å²) in [6, 6.07) is 0. The van der Waals surface area contributed by atoms with Crippen LogP contribution in [0.4, 0.5) is 11.5 Å². The van der Waals surface area contributed by atoms with Crippen LogP contribution >= 0.6 is 15.9 Å². The Labute approximate surface area is 106 Å². The molecule has 0 aliphatic rings. The number of hydrogen-bond acceptors (Lipinski definition) is 3. The zero-order valence-corrected chi connectivity index (χ0v) is 11.6. The maximum absolute atomic E-state index is 5.76.